The molecule has 2 fully saturated rings. The topological polar surface area (TPSA) is 105 Å². The Bertz CT molecular complexity index is 599. The highest BCUT2D eigenvalue weighted by molar-refractivity contribution is 5.77. The first kappa shape index (κ1) is 24.5. The smallest absolute Gasteiger partial charge is 0.407 e. The molecule has 0 atom stereocenters. The van der Waals surface area contributed by atoms with Gasteiger partial charge in [0.25, 0.3) is 0 Å². The van der Waals surface area contributed by atoms with E-state index < -0.39 is 17.7 Å². The molecule has 0 aromatic heterocycles. The van der Waals surface area contributed by atoms with E-state index in [4.69, 9.17) is 4.74 Å². The number of hydrogen-bond acceptors (Lipinski definition) is 4. The highest BCUT2D eigenvalue weighted by Crippen LogP contribution is 2.40. The van der Waals surface area contributed by atoms with Crippen molar-refractivity contribution in [3.8, 4) is 0 Å². The molecule has 0 bridgehead atoms. The van der Waals surface area contributed by atoms with E-state index in [0.29, 0.717) is 19.5 Å². The lowest BCUT2D eigenvalue weighted by atomic mass is 9.70. The number of carbonyl (C=O) groups is 3. The largest absolute Gasteiger partial charge is 0.481 e. The molecular weight excluding hydrogens is 384 g/mol. The van der Waals surface area contributed by atoms with Crippen molar-refractivity contribution in [3.63, 3.8) is 0 Å². The first-order valence-corrected chi connectivity index (χ1v) is 11.5. The second kappa shape index (κ2) is 10.5. The molecule has 0 unspecified atom stereocenters. The number of carboxylic acid groups (broad SMARTS) is 1. The van der Waals surface area contributed by atoms with E-state index in [1.807, 2.05) is 20.8 Å². The van der Waals surface area contributed by atoms with Crippen molar-refractivity contribution in [2.75, 3.05) is 13.1 Å². The van der Waals surface area contributed by atoms with Crippen molar-refractivity contribution in [2.45, 2.75) is 103 Å². The van der Waals surface area contributed by atoms with Crippen LogP contribution in [0.15, 0.2) is 0 Å². The first-order valence-electron chi connectivity index (χ1n) is 11.5. The Morgan fingerprint density at radius 1 is 0.800 bits per heavy atom. The van der Waals surface area contributed by atoms with Crippen LogP contribution >= 0.6 is 0 Å². The van der Waals surface area contributed by atoms with Gasteiger partial charge in [-0.1, -0.05) is 38.5 Å². The summed E-state index contributed by atoms with van der Waals surface area (Å²) in [5.41, 5.74) is -1.14. The van der Waals surface area contributed by atoms with Gasteiger partial charge in [-0.15, -0.1) is 0 Å². The van der Waals surface area contributed by atoms with Gasteiger partial charge < -0.3 is 20.5 Å². The first-order chi connectivity index (χ1) is 14.0. The highest BCUT2D eigenvalue weighted by Gasteiger charge is 2.38. The molecule has 0 saturated heterocycles. The zero-order valence-electron chi connectivity index (χ0n) is 19.0. The van der Waals surface area contributed by atoms with Gasteiger partial charge in [0, 0.05) is 19.5 Å². The van der Waals surface area contributed by atoms with Crippen molar-refractivity contribution >= 4 is 18.0 Å². The van der Waals surface area contributed by atoms with Gasteiger partial charge in [0.1, 0.15) is 5.60 Å². The second-order valence-electron chi connectivity index (χ2n) is 10.5. The predicted octanol–water partition coefficient (Wildman–Crippen LogP) is 4.39. The minimum absolute atomic E-state index is 0.0433. The number of carboxylic acids is 1. The molecular formula is C23H40N2O5. The van der Waals surface area contributed by atoms with Crippen LogP contribution in [0.5, 0.6) is 0 Å². The van der Waals surface area contributed by atoms with Crippen LogP contribution < -0.4 is 10.6 Å². The molecule has 7 nitrogen and oxygen atoms in total. The third-order valence-corrected chi connectivity index (χ3v) is 6.56. The number of amides is 2. The summed E-state index contributed by atoms with van der Waals surface area (Å²) in [6, 6.07) is 0. The molecule has 30 heavy (non-hydrogen) atoms. The number of nitrogens with one attached hydrogen (secondary N) is 2. The third-order valence-electron chi connectivity index (χ3n) is 6.56. The summed E-state index contributed by atoms with van der Waals surface area (Å²) >= 11 is 0. The fraction of sp³-hybridized carbons (Fsp3) is 0.870. The monoisotopic (exact) mass is 424 g/mol. The van der Waals surface area contributed by atoms with Gasteiger partial charge in [-0.2, -0.15) is 0 Å². The maximum absolute atomic E-state index is 12.9. The SMILES string of the molecule is CC(C)(C)OC(=O)NCC1(CC(=O)NCC2(CC(=O)O)CCCCC2)CCCCC1. The van der Waals surface area contributed by atoms with Crippen LogP contribution in [0.3, 0.4) is 0 Å². The Hall–Kier alpha value is -1.79. The molecule has 2 aliphatic carbocycles. The zero-order chi connectivity index (χ0) is 22.3. The minimum atomic E-state index is -0.795. The summed E-state index contributed by atoms with van der Waals surface area (Å²) in [5.74, 6) is -0.838. The normalized spacial score (nSPS) is 20.8. The van der Waals surface area contributed by atoms with E-state index in [9.17, 15) is 19.5 Å². The van der Waals surface area contributed by atoms with E-state index in [1.165, 1.54) is 0 Å². The summed E-state index contributed by atoms with van der Waals surface area (Å²) in [6.07, 6.45) is 9.94. The molecule has 0 aromatic rings. The van der Waals surface area contributed by atoms with Crippen LogP contribution in [0.4, 0.5) is 4.79 Å². The zero-order valence-corrected chi connectivity index (χ0v) is 19.0. The van der Waals surface area contributed by atoms with E-state index in [1.54, 1.807) is 0 Å². The molecule has 2 amide bonds. The van der Waals surface area contributed by atoms with E-state index in [0.717, 1.165) is 64.2 Å². The van der Waals surface area contributed by atoms with Gasteiger partial charge in [0.2, 0.25) is 5.91 Å². The Morgan fingerprint density at radius 3 is 1.73 bits per heavy atom. The second-order valence-corrected chi connectivity index (χ2v) is 10.5. The van der Waals surface area contributed by atoms with Gasteiger partial charge in [0.05, 0.1) is 6.42 Å². The number of alkyl carbamates (subject to hydrolysis) is 1. The number of aliphatic carboxylic acids is 1. The lowest BCUT2D eigenvalue weighted by Crippen LogP contribution is -2.46. The average Bonchev–Trinajstić information content (AvgIpc) is 2.65. The predicted molar refractivity (Wildman–Crippen MR) is 115 cm³/mol. The number of carbonyl (C=O) groups excluding carboxylic acids is 2. The average molecular weight is 425 g/mol. The molecule has 0 aromatic carbocycles. The molecule has 0 aliphatic heterocycles. The molecule has 172 valence electrons. The molecule has 2 aliphatic rings. The standard InChI is InChI=1S/C23H40N2O5/c1-21(2,3)30-20(29)25-17-22(10-6-4-7-11-22)14-18(26)24-16-23(15-19(27)28)12-8-5-9-13-23/h4-17H2,1-3H3,(H,24,26)(H,25,29)(H,27,28). The van der Waals surface area contributed by atoms with E-state index in [2.05, 4.69) is 10.6 Å². The van der Waals surface area contributed by atoms with Gasteiger partial charge in [-0.05, 0) is 57.3 Å². The molecule has 7 heteroatoms. The van der Waals surface area contributed by atoms with Gasteiger partial charge in [-0.25, -0.2) is 4.79 Å². The van der Waals surface area contributed by atoms with Gasteiger partial charge in [-0.3, -0.25) is 9.59 Å². The fourth-order valence-corrected chi connectivity index (χ4v) is 5.02. The maximum Gasteiger partial charge on any atom is 0.407 e. The Kier molecular flexibility index (Phi) is 8.56. The Labute approximate surface area is 180 Å². The van der Waals surface area contributed by atoms with Crippen LogP contribution in [-0.4, -0.2) is 41.8 Å². The maximum atomic E-state index is 12.9. The van der Waals surface area contributed by atoms with Crippen molar-refractivity contribution in [1.29, 1.82) is 0 Å². The van der Waals surface area contributed by atoms with Gasteiger partial charge >= 0.3 is 12.1 Å². The Balaban J connectivity index is 1.93. The van der Waals surface area contributed by atoms with Crippen LogP contribution in [0.2, 0.25) is 0 Å². The molecule has 0 radical (unpaired) electrons. The van der Waals surface area contributed by atoms with E-state index >= 15 is 0 Å². The molecule has 0 heterocycles. The molecule has 2 rings (SSSR count). The lowest BCUT2D eigenvalue weighted by molar-refractivity contribution is -0.141. The summed E-state index contributed by atoms with van der Waals surface area (Å²) in [5, 5.41) is 15.3. The summed E-state index contributed by atoms with van der Waals surface area (Å²) in [7, 11) is 0. The molecule has 2 saturated carbocycles. The van der Waals surface area contributed by atoms with Crippen molar-refractivity contribution in [2.24, 2.45) is 10.8 Å². The molecule has 0 spiro atoms. The number of rotatable bonds is 8. The van der Waals surface area contributed by atoms with Crippen LogP contribution in [-0.2, 0) is 14.3 Å². The fourth-order valence-electron chi connectivity index (χ4n) is 5.02. The van der Waals surface area contributed by atoms with Crippen LogP contribution in [0, 0.1) is 10.8 Å². The Morgan fingerprint density at radius 2 is 1.27 bits per heavy atom. The molecule has 3 N–H and O–H groups in total. The van der Waals surface area contributed by atoms with Crippen molar-refractivity contribution in [3.05, 3.63) is 0 Å². The van der Waals surface area contributed by atoms with Crippen LogP contribution in [0.1, 0.15) is 97.8 Å². The van der Waals surface area contributed by atoms with E-state index in [-0.39, 0.29) is 23.2 Å². The lowest BCUT2D eigenvalue weighted by Gasteiger charge is -2.39. The van der Waals surface area contributed by atoms with Gasteiger partial charge in [0.15, 0.2) is 0 Å². The van der Waals surface area contributed by atoms with Crippen molar-refractivity contribution in [1.82, 2.24) is 10.6 Å². The number of ether oxygens (including phenoxy) is 1. The highest BCUT2D eigenvalue weighted by atomic mass is 16.6. The van der Waals surface area contributed by atoms with Crippen LogP contribution in [0.25, 0.3) is 0 Å². The summed E-state index contributed by atoms with van der Waals surface area (Å²) < 4.78 is 5.35. The minimum Gasteiger partial charge on any atom is -0.481 e. The third kappa shape index (κ3) is 8.15. The summed E-state index contributed by atoms with van der Waals surface area (Å²) in [4.78, 5) is 36.3. The van der Waals surface area contributed by atoms with Crippen molar-refractivity contribution < 1.29 is 24.2 Å². The quantitative estimate of drug-likeness (QED) is 0.536. The summed E-state index contributed by atoms with van der Waals surface area (Å²) in [6.45, 7) is 6.33. The number of hydrogen-bond donors (Lipinski definition) is 3.